The zero-order valence-electron chi connectivity index (χ0n) is 9.14. The first-order valence-corrected chi connectivity index (χ1v) is 6.12. The Morgan fingerprint density at radius 3 is 2.71 bits per heavy atom. The third kappa shape index (κ3) is 0.515. The van der Waals surface area contributed by atoms with Gasteiger partial charge in [0.05, 0.1) is 0 Å². The van der Waals surface area contributed by atoms with E-state index < -0.39 is 0 Å². The number of fused-ring (bicyclic) bond motifs is 2. The van der Waals surface area contributed by atoms with Gasteiger partial charge in [0, 0.05) is 10.8 Å². The summed E-state index contributed by atoms with van der Waals surface area (Å²) in [6.45, 7) is 4.72. The first kappa shape index (κ1) is 7.73. The molecule has 4 rings (SSSR count). The second kappa shape index (κ2) is 1.89. The molecule has 0 amide bonds. The van der Waals surface area contributed by atoms with E-state index in [9.17, 15) is 0 Å². The van der Waals surface area contributed by atoms with Gasteiger partial charge in [0.15, 0.2) is 0 Å². The van der Waals surface area contributed by atoms with Crippen LogP contribution in [-0.4, -0.2) is 0 Å². The molecule has 2 bridgehead atoms. The van der Waals surface area contributed by atoms with Gasteiger partial charge in [-0.25, -0.2) is 0 Å². The summed E-state index contributed by atoms with van der Waals surface area (Å²) in [6, 6.07) is 0. The van der Waals surface area contributed by atoms with Gasteiger partial charge in [0.2, 0.25) is 0 Å². The van der Waals surface area contributed by atoms with Gasteiger partial charge in [0.1, 0.15) is 0 Å². The Labute approximate surface area is 86.1 Å². The third-order valence-corrected chi connectivity index (χ3v) is 5.74. The summed E-state index contributed by atoms with van der Waals surface area (Å²) in [4.78, 5) is 0. The average Bonchev–Trinajstić information content (AvgIpc) is 2.60. The van der Waals surface area contributed by atoms with E-state index in [0.29, 0.717) is 10.8 Å². The first-order valence-electron chi connectivity index (χ1n) is 6.12. The van der Waals surface area contributed by atoms with Crippen molar-refractivity contribution in [3.05, 3.63) is 23.3 Å². The zero-order chi connectivity index (χ0) is 9.55. The van der Waals surface area contributed by atoms with Crippen molar-refractivity contribution in [2.45, 2.75) is 39.5 Å². The van der Waals surface area contributed by atoms with Crippen molar-refractivity contribution in [3.8, 4) is 0 Å². The summed E-state index contributed by atoms with van der Waals surface area (Å²) in [7, 11) is 0. The summed E-state index contributed by atoms with van der Waals surface area (Å²) >= 11 is 0. The lowest BCUT2D eigenvalue weighted by molar-refractivity contribution is 0.316. The van der Waals surface area contributed by atoms with E-state index in [0.717, 1.165) is 11.8 Å². The number of allylic oxidation sites excluding steroid dienone is 4. The van der Waals surface area contributed by atoms with Crippen molar-refractivity contribution in [2.24, 2.45) is 22.7 Å². The van der Waals surface area contributed by atoms with E-state index in [-0.39, 0.29) is 0 Å². The molecule has 2 spiro atoms. The summed E-state index contributed by atoms with van der Waals surface area (Å²) in [5, 5.41) is 0. The van der Waals surface area contributed by atoms with Crippen LogP contribution in [0.5, 0.6) is 0 Å². The van der Waals surface area contributed by atoms with Gasteiger partial charge in [-0.2, -0.15) is 0 Å². The van der Waals surface area contributed by atoms with Gasteiger partial charge in [-0.3, -0.25) is 0 Å². The second-order valence-electron chi connectivity index (χ2n) is 5.93. The quantitative estimate of drug-likeness (QED) is 0.506. The van der Waals surface area contributed by atoms with Crippen LogP contribution in [0, 0.1) is 22.7 Å². The topological polar surface area (TPSA) is 0 Å². The van der Waals surface area contributed by atoms with Crippen LogP contribution in [0.25, 0.3) is 0 Å². The lowest BCUT2D eigenvalue weighted by atomic mass is 9.60. The fourth-order valence-corrected chi connectivity index (χ4v) is 5.00. The Hall–Kier alpha value is -0.520. The molecule has 0 heteroatoms. The van der Waals surface area contributed by atoms with Crippen LogP contribution in [-0.2, 0) is 0 Å². The van der Waals surface area contributed by atoms with Crippen molar-refractivity contribution in [1.29, 1.82) is 0 Å². The van der Waals surface area contributed by atoms with Gasteiger partial charge in [0.25, 0.3) is 0 Å². The highest BCUT2D eigenvalue weighted by atomic mass is 14.8. The van der Waals surface area contributed by atoms with E-state index in [1.807, 2.05) is 5.57 Å². The molecule has 4 aliphatic rings. The van der Waals surface area contributed by atoms with Crippen LogP contribution in [0.15, 0.2) is 23.3 Å². The molecule has 4 atom stereocenters. The van der Waals surface area contributed by atoms with E-state index in [1.54, 1.807) is 5.57 Å². The standard InChI is InChI=1S/C14H18/c1-3-12-13-5-4-10(13)6-11(8-13)14(12)7-9(14)2/h3,6,9,11H,4-5,7-8H2,1-2H3. The summed E-state index contributed by atoms with van der Waals surface area (Å²) < 4.78 is 0. The Morgan fingerprint density at radius 2 is 2.21 bits per heavy atom. The van der Waals surface area contributed by atoms with E-state index >= 15 is 0 Å². The van der Waals surface area contributed by atoms with Gasteiger partial charge < -0.3 is 0 Å². The molecule has 0 aromatic heterocycles. The monoisotopic (exact) mass is 186 g/mol. The van der Waals surface area contributed by atoms with Crippen LogP contribution in [0.1, 0.15) is 39.5 Å². The second-order valence-corrected chi connectivity index (χ2v) is 5.93. The van der Waals surface area contributed by atoms with Crippen LogP contribution in [0.2, 0.25) is 0 Å². The van der Waals surface area contributed by atoms with Crippen molar-refractivity contribution in [2.75, 3.05) is 0 Å². The maximum Gasteiger partial charge on any atom is 0.0135 e. The predicted molar refractivity (Wildman–Crippen MR) is 57.8 cm³/mol. The van der Waals surface area contributed by atoms with Crippen molar-refractivity contribution >= 4 is 0 Å². The molecule has 0 aromatic rings. The molecular formula is C14H18. The summed E-state index contributed by atoms with van der Waals surface area (Å²) in [6.07, 6.45) is 10.9. The molecule has 4 aliphatic carbocycles. The molecule has 74 valence electrons. The minimum atomic E-state index is 0.615. The first-order chi connectivity index (χ1) is 6.74. The minimum Gasteiger partial charge on any atom is -0.0870 e. The SMILES string of the molecule is CC=C1C23CCC2=CC(C3)C12CC2C. The normalized spacial score (nSPS) is 60.1. The molecule has 0 N–H and O–H groups in total. The molecule has 0 aliphatic heterocycles. The molecule has 4 unspecified atom stereocenters. The smallest absolute Gasteiger partial charge is 0.0135 e. The Morgan fingerprint density at radius 1 is 1.43 bits per heavy atom. The molecule has 0 saturated heterocycles. The van der Waals surface area contributed by atoms with E-state index in [4.69, 9.17) is 0 Å². The van der Waals surface area contributed by atoms with Crippen molar-refractivity contribution in [3.63, 3.8) is 0 Å². The minimum absolute atomic E-state index is 0.615. The zero-order valence-corrected chi connectivity index (χ0v) is 9.14. The number of hydrogen-bond acceptors (Lipinski definition) is 0. The fourth-order valence-electron chi connectivity index (χ4n) is 5.00. The highest BCUT2D eigenvalue weighted by molar-refractivity contribution is 5.54. The van der Waals surface area contributed by atoms with Crippen LogP contribution in [0.3, 0.4) is 0 Å². The third-order valence-electron chi connectivity index (χ3n) is 5.74. The molecule has 3 fully saturated rings. The van der Waals surface area contributed by atoms with E-state index in [1.165, 1.54) is 25.7 Å². The summed E-state index contributed by atoms with van der Waals surface area (Å²) in [5.41, 5.74) is 4.94. The lowest BCUT2D eigenvalue weighted by Crippen LogP contribution is -2.32. The molecule has 0 heterocycles. The Bertz CT molecular complexity index is 387. The largest absolute Gasteiger partial charge is 0.0870 e. The van der Waals surface area contributed by atoms with Gasteiger partial charge in [-0.1, -0.05) is 30.2 Å². The van der Waals surface area contributed by atoms with Crippen LogP contribution >= 0.6 is 0 Å². The van der Waals surface area contributed by atoms with Crippen molar-refractivity contribution in [1.82, 2.24) is 0 Å². The lowest BCUT2D eigenvalue weighted by Gasteiger charge is -2.44. The maximum atomic E-state index is 2.65. The molecule has 14 heavy (non-hydrogen) atoms. The van der Waals surface area contributed by atoms with Gasteiger partial charge in [-0.05, 0) is 44.4 Å². The van der Waals surface area contributed by atoms with Crippen molar-refractivity contribution < 1.29 is 0 Å². The number of hydrogen-bond donors (Lipinski definition) is 0. The fraction of sp³-hybridized carbons (Fsp3) is 0.714. The Kier molecular flexibility index (Phi) is 1.05. The molecule has 0 nitrogen and oxygen atoms in total. The highest BCUT2D eigenvalue weighted by Gasteiger charge is 2.72. The molecule has 3 saturated carbocycles. The van der Waals surface area contributed by atoms with Crippen LogP contribution < -0.4 is 0 Å². The van der Waals surface area contributed by atoms with Gasteiger partial charge >= 0.3 is 0 Å². The summed E-state index contributed by atoms with van der Waals surface area (Å²) in [5.74, 6) is 1.90. The molecule has 0 aromatic carbocycles. The van der Waals surface area contributed by atoms with Crippen LogP contribution in [0.4, 0.5) is 0 Å². The van der Waals surface area contributed by atoms with E-state index in [2.05, 4.69) is 26.0 Å². The average molecular weight is 186 g/mol. The maximum absolute atomic E-state index is 2.65. The van der Waals surface area contributed by atoms with Gasteiger partial charge in [-0.15, -0.1) is 0 Å². The molecular weight excluding hydrogens is 168 g/mol. The Balaban J connectivity index is 1.94. The predicted octanol–water partition coefficient (Wildman–Crippen LogP) is 3.70. The number of rotatable bonds is 0. The molecule has 0 radical (unpaired) electrons. The highest BCUT2D eigenvalue weighted by Crippen LogP contribution is 2.81.